The summed E-state index contributed by atoms with van der Waals surface area (Å²) < 4.78 is 5.56. The summed E-state index contributed by atoms with van der Waals surface area (Å²) in [5.74, 6) is 0.524. The molecule has 2 aromatic heterocycles. The highest BCUT2D eigenvalue weighted by atomic mass is 32.2. The summed E-state index contributed by atoms with van der Waals surface area (Å²) in [7, 11) is 0. The standard InChI is InChI=1S/C19H20N4O2S/c1-12-6-7-15(9-13(12)2)14(3)21-17(24)11-26-19-23-22-18(25-19)16-5-4-8-20-10-16/h4-10,14H,11H2,1-3H3,(H,21,24)/t14-/m1/s1. The van der Waals surface area contributed by atoms with Gasteiger partial charge in [0, 0.05) is 12.4 Å². The second-order valence-electron chi connectivity index (χ2n) is 6.04. The molecule has 7 heteroatoms. The van der Waals surface area contributed by atoms with Crippen LogP contribution in [-0.2, 0) is 4.79 Å². The molecule has 1 atom stereocenters. The monoisotopic (exact) mass is 368 g/mol. The van der Waals surface area contributed by atoms with E-state index in [2.05, 4.69) is 46.5 Å². The number of hydrogen-bond donors (Lipinski definition) is 1. The number of nitrogens with one attached hydrogen (secondary N) is 1. The Balaban J connectivity index is 1.54. The Hall–Kier alpha value is -2.67. The molecule has 1 amide bonds. The Morgan fingerprint density at radius 3 is 2.81 bits per heavy atom. The molecule has 3 aromatic rings. The maximum atomic E-state index is 12.2. The molecule has 0 spiro atoms. The molecule has 0 aliphatic carbocycles. The van der Waals surface area contributed by atoms with E-state index in [-0.39, 0.29) is 17.7 Å². The van der Waals surface area contributed by atoms with E-state index in [9.17, 15) is 4.79 Å². The first-order chi connectivity index (χ1) is 12.5. The highest BCUT2D eigenvalue weighted by molar-refractivity contribution is 7.99. The van der Waals surface area contributed by atoms with Crippen molar-refractivity contribution in [1.29, 1.82) is 0 Å². The molecule has 0 saturated carbocycles. The van der Waals surface area contributed by atoms with Crippen molar-refractivity contribution in [3.8, 4) is 11.5 Å². The van der Waals surface area contributed by atoms with Gasteiger partial charge in [0.1, 0.15) is 0 Å². The summed E-state index contributed by atoms with van der Waals surface area (Å²) in [6.07, 6.45) is 3.33. The first kappa shape index (κ1) is 18.1. The lowest BCUT2D eigenvalue weighted by atomic mass is 10.0. The molecule has 6 nitrogen and oxygen atoms in total. The van der Waals surface area contributed by atoms with Gasteiger partial charge in [0.25, 0.3) is 5.22 Å². The molecular formula is C19H20N4O2S. The largest absolute Gasteiger partial charge is 0.411 e. The topological polar surface area (TPSA) is 80.9 Å². The van der Waals surface area contributed by atoms with Crippen molar-refractivity contribution in [2.24, 2.45) is 0 Å². The summed E-state index contributed by atoms with van der Waals surface area (Å²) in [6, 6.07) is 9.79. The van der Waals surface area contributed by atoms with E-state index in [4.69, 9.17) is 4.42 Å². The third kappa shape index (κ3) is 4.49. The van der Waals surface area contributed by atoms with E-state index < -0.39 is 0 Å². The number of carbonyl (C=O) groups is 1. The maximum absolute atomic E-state index is 12.2. The minimum absolute atomic E-state index is 0.0592. The molecular weight excluding hydrogens is 348 g/mol. The average molecular weight is 368 g/mol. The molecule has 2 heterocycles. The molecule has 0 aliphatic heterocycles. The smallest absolute Gasteiger partial charge is 0.277 e. The van der Waals surface area contributed by atoms with Crippen LogP contribution in [0.4, 0.5) is 0 Å². The Morgan fingerprint density at radius 1 is 1.23 bits per heavy atom. The molecule has 134 valence electrons. The van der Waals surface area contributed by atoms with Gasteiger partial charge in [-0.2, -0.15) is 0 Å². The quantitative estimate of drug-likeness (QED) is 0.668. The van der Waals surface area contributed by atoms with Crippen molar-refractivity contribution in [2.75, 3.05) is 5.75 Å². The van der Waals surface area contributed by atoms with E-state index in [1.807, 2.05) is 19.1 Å². The summed E-state index contributed by atoms with van der Waals surface area (Å²) >= 11 is 1.21. The van der Waals surface area contributed by atoms with Gasteiger partial charge in [-0.1, -0.05) is 30.0 Å². The van der Waals surface area contributed by atoms with Crippen molar-refractivity contribution in [2.45, 2.75) is 32.0 Å². The van der Waals surface area contributed by atoms with Gasteiger partial charge in [-0.05, 0) is 49.6 Å². The number of pyridine rings is 1. The third-order valence-corrected chi connectivity index (χ3v) is 4.87. The summed E-state index contributed by atoms with van der Waals surface area (Å²) in [6.45, 7) is 6.11. The fourth-order valence-corrected chi connectivity index (χ4v) is 2.98. The summed E-state index contributed by atoms with van der Waals surface area (Å²) in [5.41, 5.74) is 4.29. The number of thioether (sulfide) groups is 1. The minimum atomic E-state index is -0.0816. The first-order valence-corrected chi connectivity index (χ1v) is 9.24. The van der Waals surface area contributed by atoms with Gasteiger partial charge in [0.2, 0.25) is 11.8 Å². The van der Waals surface area contributed by atoms with Crippen LogP contribution in [0.3, 0.4) is 0 Å². The normalized spacial score (nSPS) is 12.0. The molecule has 0 fully saturated rings. The lowest BCUT2D eigenvalue weighted by molar-refractivity contribution is -0.119. The summed E-state index contributed by atoms with van der Waals surface area (Å²) in [4.78, 5) is 16.2. The zero-order valence-electron chi connectivity index (χ0n) is 14.9. The molecule has 26 heavy (non-hydrogen) atoms. The van der Waals surface area contributed by atoms with Crippen LogP contribution in [0.5, 0.6) is 0 Å². The van der Waals surface area contributed by atoms with Gasteiger partial charge in [0.15, 0.2) is 0 Å². The molecule has 1 N–H and O–H groups in total. The Bertz CT molecular complexity index is 896. The van der Waals surface area contributed by atoms with Crippen LogP contribution < -0.4 is 5.32 Å². The van der Waals surface area contributed by atoms with Gasteiger partial charge in [0.05, 0.1) is 17.4 Å². The lowest BCUT2D eigenvalue weighted by Crippen LogP contribution is -2.28. The van der Waals surface area contributed by atoms with E-state index in [1.54, 1.807) is 18.5 Å². The number of benzene rings is 1. The predicted octanol–water partition coefficient (Wildman–Crippen LogP) is 3.72. The van der Waals surface area contributed by atoms with Crippen LogP contribution in [0.2, 0.25) is 0 Å². The van der Waals surface area contributed by atoms with E-state index in [0.717, 1.165) is 11.1 Å². The predicted molar refractivity (Wildman–Crippen MR) is 101 cm³/mol. The van der Waals surface area contributed by atoms with Gasteiger partial charge in [-0.3, -0.25) is 9.78 Å². The molecule has 0 radical (unpaired) electrons. The van der Waals surface area contributed by atoms with Gasteiger partial charge >= 0.3 is 0 Å². The molecule has 0 unspecified atom stereocenters. The van der Waals surface area contributed by atoms with Crippen molar-refractivity contribution in [1.82, 2.24) is 20.5 Å². The van der Waals surface area contributed by atoms with Gasteiger partial charge < -0.3 is 9.73 Å². The van der Waals surface area contributed by atoms with Crippen LogP contribution in [0.25, 0.3) is 11.5 Å². The molecule has 1 aromatic carbocycles. The van der Waals surface area contributed by atoms with E-state index in [1.165, 1.54) is 22.9 Å². The molecule has 3 rings (SSSR count). The Labute approximate surface area is 156 Å². The molecule has 0 saturated heterocycles. The number of aryl methyl sites for hydroxylation is 2. The van der Waals surface area contributed by atoms with Crippen LogP contribution in [0, 0.1) is 13.8 Å². The number of hydrogen-bond acceptors (Lipinski definition) is 6. The molecule has 0 bridgehead atoms. The van der Waals surface area contributed by atoms with Gasteiger partial charge in [-0.15, -0.1) is 10.2 Å². The third-order valence-electron chi connectivity index (χ3n) is 4.05. The van der Waals surface area contributed by atoms with Crippen molar-refractivity contribution in [3.05, 3.63) is 59.4 Å². The zero-order chi connectivity index (χ0) is 18.5. The van der Waals surface area contributed by atoms with Crippen molar-refractivity contribution >= 4 is 17.7 Å². The Morgan fingerprint density at radius 2 is 2.08 bits per heavy atom. The lowest BCUT2D eigenvalue weighted by Gasteiger charge is -2.15. The average Bonchev–Trinajstić information content (AvgIpc) is 3.12. The van der Waals surface area contributed by atoms with Gasteiger partial charge in [-0.25, -0.2) is 0 Å². The first-order valence-electron chi connectivity index (χ1n) is 8.26. The van der Waals surface area contributed by atoms with Crippen LogP contribution in [0.15, 0.2) is 52.4 Å². The number of aromatic nitrogens is 3. The Kier molecular flexibility index (Phi) is 5.68. The number of nitrogens with zero attached hydrogens (tertiary/aromatic N) is 3. The van der Waals surface area contributed by atoms with Crippen molar-refractivity contribution < 1.29 is 9.21 Å². The van der Waals surface area contributed by atoms with E-state index >= 15 is 0 Å². The van der Waals surface area contributed by atoms with Crippen molar-refractivity contribution in [3.63, 3.8) is 0 Å². The SMILES string of the molecule is Cc1ccc([C@@H](C)NC(=O)CSc2nnc(-c3cccnc3)o2)cc1C. The second-order valence-corrected chi connectivity index (χ2v) is 6.96. The second kappa shape index (κ2) is 8.14. The summed E-state index contributed by atoms with van der Waals surface area (Å²) in [5, 5.41) is 11.3. The number of carbonyl (C=O) groups excluding carboxylic acids is 1. The zero-order valence-corrected chi connectivity index (χ0v) is 15.7. The van der Waals surface area contributed by atoms with Crippen LogP contribution >= 0.6 is 11.8 Å². The van der Waals surface area contributed by atoms with Crippen LogP contribution in [0.1, 0.15) is 29.7 Å². The number of amides is 1. The van der Waals surface area contributed by atoms with E-state index in [0.29, 0.717) is 11.1 Å². The highest BCUT2D eigenvalue weighted by Crippen LogP contribution is 2.22. The minimum Gasteiger partial charge on any atom is -0.411 e. The fourth-order valence-electron chi connectivity index (χ4n) is 2.40. The fraction of sp³-hybridized carbons (Fsp3) is 0.263. The molecule has 0 aliphatic rings. The highest BCUT2D eigenvalue weighted by Gasteiger charge is 2.14. The number of rotatable bonds is 6. The van der Waals surface area contributed by atoms with Crippen LogP contribution in [-0.4, -0.2) is 26.8 Å². The maximum Gasteiger partial charge on any atom is 0.277 e.